The lowest BCUT2D eigenvalue weighted by molar-refractivity contribution is -0.274. The summed E-state index contributed by atoms with van der Waals surface area (Å²) in [5.74, 6) is -0.0112. The number of carbonyl (C=O) groups excluding carboxylic acids is 1. The molecule has 2 aromatic carbocycles. The summed E-state index contributed by atoms with van der Waals surface area (Å²) in [5, 5.41) is 6.00. The summed E-state index contributed by atoms with van der Waals surface area (Å²) in [6, 6.07) is 15.2. The average Bonchev–Trinajstić information content (AvgIpc) is 2.55. The van der Waals surface area contributed by atoms with Gasteiger partial charge in [0.2, 0.25) is 0 Å². The van der Waals surface area contributed by atoms with Gasteiger partial charge in [-0.05, 0) is 42.5 Å². The van der Waals surface area contributed by atoms with Crippen LogP contribution in [0.15, 0.2) is 60.7 Å². The SMILES string of the molecule is O=C(Nc1ccc(OC(F)(F)F)cc1)Nc1ccc2ccccc2n1. The van der Waals surface area contributed by atoms with Gasteiger partial charge < -0.3 is 10.1 Å². The minimum Gasteiger partial charge on any atom is -0.406 e. The fraction of sp³-hybridized carbons (Fsp3) is 0.0588. The van der Waals surface area contributed by atoms with Crippen LogP contribution in [0.25, 0.3) is 10.9 Å². The van der Waals surface area contributed by atoms with E-state index in [4.69, 9.17) is 0 Å². The number of carbonyl (C=O) groups is 1. The Hall–Kier alpha value is -3.29. The van der Waals surface area contributed by atoms with E-state index in [1.165, 1.54) is 12.1 Å². The highest BCUT2D eigenvalue weighted by molar-refractivity contribution is 5.99. The predicted octanol–water partition coefficient (Wildman–Crippen LogP) is 4.78. The first-order valence-corrected chi connectivity index (χ1v) is 7.19. The first-order chi connectivity index (χ1) is 11.9. The highest BCUT2D eigenvalue weighted by atomic mass is 19.4. The zero-order valence-electron chi connectivity index (χ0n) is 12.7. The van der Waals surface area contributed by atoms with E-state index < -0.39 is 12.4 Å². The van der Waals surface area contributed by atoms with Gasteiger partial charge in [0.25, 0.3) is 0 Å². The van der Waals surface area contributed by atoms with E-state index in [0.717, 1.165) is 23.0 Å². The van der Waals surface area contributed by atoms with Crippen LogP contribution in [0.4, 0.5) is 29.5 Å². The van der Waals surface area contributed by atoms with Gasteiger partial charge in [-0.1, -0.05) is 18.2 Å². The molecule has 0 spiro atoms. The Morgan fingerprint density at radius 2 is 1.64 bits per heavy atom. The number of nitrogens with one attached hydrogen (secondary N) is 2. The molecule has 0 aliphatic heterocycles. The number of nitrogens with zero attached hydrogens (tertiary/aromatic N) is 1. The van der Waals surface area contributed by atoms with Gasteiger partial charge in [-0.25, -0.2) is 9.78 Å². The van der Waals surface area contributed by atoms with E-state index in [1.54, 1.807) is 6.07 Å². The van der Waals surface area contributed by atoms with Gasteiger partial charge in [0, 0.05) is 11.1 Å². The molecule has 0 saturated carbocycles. The number of fused-ring (bicyclic) bond motifs is 1. The smallest absolute Gasteiger partial charge is 0.406 e. The number of aromatic nitrogens is 1. The molecule has 0 aliphatic rings. The molecule has 0 bridgehead atoms. The molecule has 25 heavy (non-hydrogen) atoms. The van der Waals surface area contributed by atoms with Gasteiger partial charge in [0.1, 0.15) is 11.6 Å². The topological polar surface area (TPSA) is 63.2 Å². The highest BCUT2D eigenvalue weighted by Crippen LogP contribution is 2.24. The van der Waals surface area contributed by atoms with Crippen molar-refractivity contribution < 1.29 is 22.7 Å². The van der Waals surface area contributed by atoms with E-state index >= 15 is 0 Å². The Morgan fingerprint density at radius 1 is 0.920 bits per heavy atom. The molecule has 3 aromatic rings. The number of halogens is 3. The lowest BCUT2D eigenvalue weighted by atomic mass is 10.2. The number of anilines is 2. The molecule has 0 unspecified atom stereocenters. The normalized spacial score (nSPS) is 11.2. The standard InChI is InChI=1S/C17H12F3N3O2/c18-17(19,20)25-13-8-6-12(7-9-13)21-16(24)23-15-10-5-11-3-1-2-4-14(11)22-15/h1-10H,(H2,21,22,23,24). The molecule has 2 amide bonds. The van der Waals surface area contributed by atoms with Gasteiger partial charge in [-0.15, -0.1) is 13.2 Å². The Kier molecular flexibility index (Phi) is 4.42. The second-order valence-electron chi connectivity index (χ2n) is 5.04. The van der Waals surface area contributed by atoms with Crippen molar-refractivity contribution in [3.8, 4) is 5.75 Å². The van der Waals surface area contributed by atoms with E-state index in [2.05, 4.69) is 20.4 Å². The fourth-order valence-electron chi connectivity index (χ4n) is 2.15. The van der Waals surface area contributed by atoms with Crippen LogP contribution < -0.4 is 15.4 Å². The molecule has 0 aliphatic carbocycles. The molecule has 0 atom stereocenters. The highest BCUT2D eigenvalue weighted by Gasteiger charge is 2.30. The van der Waals surface area contributed by atoms with Crippen molar-refractivity contribution in [2.75, 3.05) is 10.6 Å². The molecule has 1 heterocycles. The number of amides is 2. The third-order valence-electron chi connectivity index (χ3n) is 3.19. The van der Waals surface area contributed by atoms with Crippen molar-refractivity contribution in [1.82, 2.24) is 4.98 Å². The minimum atomic E-state index is -4.76. The summed E-state index contributed by atoms with van der Waals surface area (Å²) in [5.41, 5.74) is 1.04. The minimum absolute atomic E-state index is 0.313. The molecule has 5 nitrogen and oxygen atoms in total. The number of rotatable bonds is 3. The van der Waals surface area contributed by atoms with Crippen molar-refractivity contribution in [1.29, 1.82) is 0 Å². The zero-order chi connectivity index (χ0) is 17.9. The van der Waals surface area contributed by atoms with Crippen molar-refractivity contribution >= 4 is 28.4 Å². The largest absolute Gasteiger partial charge is 0.573 e. The molecule has 128 valence electrons. The molecule has 3 rings (SSSR count). The van der Waals surface area contributed by atoms with Crippen LogP contribution in [0, 0.1) is 0 Å². The van der Waals surface area contributed by atoms with Crippen LogP contribution in [-0.2, 0) is 0 Å². The number of para-hydroxylation sites is 1. The summed E-state index contributed by atoms with van der Waals surface area (Å²) in [6.45, 7) is 0. The molecular formula is C17H12F3N3O2. The van der Waals surface area contributed by atoms with Gasteiger partial charge in [-0.3, -0.25) is 5.32 Å². The summed E-state index contributed by atoms with van der Waals surface area (Å²) in [7, 11) is 0. The Labute approximate surface area is 140 Å². The number of hydrogen-bond acceptors (Lipinski definition) is 3. The van der Waals surface area contributed by atoms with Crippen molar-refractivity contribution in [2.24, 2.45) is 0 Å². The quantitative estimate of drug-likeness (QED) is 0.717. The van der Waals surface area contributed by atoms with Crippen LogP contribution in [0.2, 0.25) is 0 Å². The molecule has 0 radical (unpaired) electrons. The maximum absolute atomic E-state index is 12.1. The van der Waals surface area contributed by atoms with Crippen LogP contribution in [0.1, 0.15) is 0 Å². The van der Waals surface area contributed by atoms with Gasteiger partial charge in [-0.2, -0.15) is 0 Å². The summed E-state index contributed by atoms with van der Waals surface area (Å²) in [6.07, 6.45) is -4.76. The molecular weight excluding hydrogens is 335 g/mol. The third-order valence-corrected chi connectivity index (χ3v) is 3.19. The van der Waals surface area contributed by atoms with E-state index in [1.807, 2.05) is 30.3 Å². The zero-order valence-corrected chi connectivity index (χ0v) is 12.7. The molecule has 1 aromatic heterocycles. The number of benzene rings is 2. The number of alkyl halides is 3. The van der Waals surface area contributed by atoms with Crippen molar-refractivity contribution in [3.63, 3.8) is 0 Å². The maximum atomic E-state index is 12.1. The molecule has 0 fully saturated rings. The van der Waals surface area contributed by atoms with Crippen LogP contribution >= 0.6 is 0 Å². The second-order valence-corrected chi connectivity index (χ2v) is 5.04. The lowest BCUT2D eigenvalue weighted by Gasteiger charge is -2.10. The summed E-state index contributed by atoms with van der Waals surface area (Å²) in [4.78, 5) is 16.3. The first kappa shape index (κ1) is 16.6. The van der Waals surface area contributed by atoms with Gasteiger partial charge >= 0.3 is 12.4 Å². The number of pyridine rings is 1. The molecule has 8 heteroatoms. The number of ether oxygens (including phenoxy) is 1. The van der Waals surface area contributed by atoms with Crippen LogP contribution in [-0.4, -0.2) is 17.4 Å². The summed E-state index contributed by atoms with van der Waals surface area (Å²) < 4.78 is 40.0. The molecule has 0 saturated heterocycles. The maximum Gasteiger partial charge on any atom is 0.573 e. The van der Waals surface area contributed by atoms with E-state index in [0.29, 0.717) is 11.5 Å². The second kappa shape index (κ2) is 6.68. The number of urea groups is 1. The van der Waals surface area contributed by atoms with Crippen molar-refractivity contribution in [3.05, 3.63) is 60.7 Å². The molecule has 2 N–H and O–H groups in total. The average molecular weight is 347 g/mol. The van der Waals surface area contributed by atoms with E-state index in [-0.39, 0.29) is 5.75 Å². The first-order valence-electron chi connectivity index (χ1n) is 7.19. The third kappa shape index (κ3) is 4.60. The van der Waals surface area contributed by atoms with Crippen LogP contribution in [0.3, 0.4) is 0 Å². The Morgan fingerprint density at radius 3 is 2.36 bits per heavy atom. The predicted molar refractivity (Wildman–Crippen MR) is 87.5 cm³/mol. The lowest BCUT2D eigenvalue weighted by Crippen LogP contribution is -2.20. The number of hydrogen-bond donors (Lipinski definition) is 2. The van der Waals surface area contributed by atoms with Gasteiger partial charge in [0.05, 0.1) is 5.52 Å². The Balaban J connectivity index is 1.63. The van der Waals surface area contributed by atoms with Crippen LogP contribution in [0.5, 0.6) is 5.75 Å². The fourth-order valence-corrected chi connectivity index (χ4v) is 2.15. The Bertz CT molecular complexity index is 896. The van der Waals surface area contributed by atoms with E-state index in [9.17, 15) is 18.0 Å². The van der Waals surface area contributed by atoms with Gasteiger partial charge in [0.15, 0.2) is 0 Å². The van der Waals surface area contributed by atoms with Crippen molar-refractivity contribution in [2.45, 2.75) is 6.36 Å². The summed E-state index contributed by atoms with van der Waals surface area (Å²) >= 11 is 0. The monoisotopic (exact) mass is 347 g/mol.